The third-order valence-corrected chi connectivity index (χ3v) is 4.66. The lowest BCUT2D eigenvalue weighted by Crippen LogP contribution is -2.39. The molecule has 0 radical (unpaired) electrons. The molecule has 0 spiro atoms. The second-order valence-corrected chi connectivity index (χ2v) is 6.02. The molecule has 1 amide bonds. The van der Waals surface area contributed by atoms with Crippen LogP contribution in [0.5, 0.6) is 0 Å². The first-order valence-electron chi connectivity index (χ1n) is 7.63. The molecule has 22 heavy (non-hydrogen) atoms. The summed E-state index contributed by atoms with van der Waals surface area (Å²) >= 11 is 0. The highest BCUT2D eigenvalue weighted by Crippen LogP contribution is 2.28. The number of rotatable bonds is 4. The molecule has 2 atom stereocenters. The predicted molar refractivity (Wildman–Crippen MR) is 87.5 cm³/mol. The van der Waals surface area contributed by atoms with Crippen LogP contribution in [-0.2, 0) is 16.1 Å². The van der Waals surface area contributed by atoms with E-state index in [-0.39, 0.29) is 18.1 Å². The number of methoxy groups -OCH3 is 1. The minimum absolute atomic E-state index is 0.0767. The number of hydrogen-bond donors (Lipinski definition) is 1. The zero-order valence-corrected chi connectivity index (χ0v) is 13.1. The molecule has 3 rings (SSSR count). The van der Waals surface area contributed by atoms with Crippen LogP contribution < -0.4 is 5.73 Å². The Morgan fingerprint density at radius 1 is 1.32 bits per heavy atom. The molecule has 0 unspecified atom stereocenters. The van der Waals surface area contributed by atoms with Gasteiger partial charge in [-0.1, -0.05) is 36.4 Å². The summed E-state index contributed by atoms with van der Waals surface area (Å²) in [7, 11) is 1.69. The fourth-order valence-corrected chi connectivity index (χ4v) is 3.36. The minimum Gasteiger partial charge on any atom is -0.380 e. The third kappa shape index (κ3) is 2.72. The van der Waals surface area contributed by atoms with Gasteiger partial charge >= 0.3 is 0 Å². The van der Waals surface area contributed by atoms with Gasteiger partial charge in [0.25, 0.3) is 0 Å². The van der Waals surface area contributed by atoms with Crippen molar-refractivity contribution < 1.29 is 9.53 Å². The van der Waals surface area contributed by atoms with Crippen LogP contribution in [0.3, 0.4) is 0 Å². The third-order valence-electron chi connectivity index (χ3n) is 4.66. The largest absolute Gasteiger partial charge is 0.380 e. The van der Waals surface area contributed by atoms with Crippen LogP contribution >= 0.6 is 0 Å². The number of ether oxygens (including phenoxy) is 1. The molecule has 0 bridgehead atoms. The molecule has 116 valence electrons. The number of primary amides is 1. The molecule has 0 aliphatic carbocycles. The lowest BCUT2D eigenvalue weighted by molar-refractivity contribution is -0.122. The Morgan fingerprint density at radius 2 is 2.09 bits per heavy atom. The molecule has 0 aromatic heterocycles. The molecule has 1 fully saturated rings. The average Bonchev–Trinajstić information content (AvgIpc) is 2.93. The van der Waals surface area contributed by atoms with Crippen molar-refractivity contribution in [3.05, 3.63) is 47.5 Å². The SMILES string of the molecule is CO[C@H]1C[C@@H](C(N)=O)N(Cc2c(C)ccc3ccccc23)C1. The summed E-state index contributed by atoms with van der Waals surface area (Å²) in [6.07, 6.45) is 0.753. The van der Waals surface area contributed by atoms with Gasteiger partial charge in [-0.3, -0.25) is 9.69 Å². The van der Waals surface area contributed by atoms with Crippen LogP contribution in [0.15, 0.2) is 36.4 Å². The Labute approximate surface area is 130 Å². The maximum Gasteiger partial charge on any atom is 0.234 e. The van der Waals surface area contributed by atoms with Crippen LogP contribution in [0, 0.1) is 6.92 Å². The average molecular weight is 298 g/mol. The lowest BCUT2D eigenvalue weighted by Gasteiger charge is -2.23. The van der Waals surface area contributed by atoms with E-state index in [0.717, 1.165) is 13.1 Å². The maximum absolute atomic E-state index is 11.7. The van der Waals surface area contributed by atoms with Gasteiger partial charge in [0.05, 0.1) is 12.1 Å². The zero-order chi connectivity index (χ0) is 15.7. The Kier molecular flexibility index (Phi) is 4.14. The number of aryl methyl sites for hydroxylation is 1. The number of amides is 1. The molecule has 1 saturated heterocycles. The van der Waals surface area contributed by atoms with E-state index in [1.54, 1.807) is 7.11 Å². The quantitative estimate of drug-likeness (QED) is 0.941. The number of likely N-dealkylation sites (tertiary alicyclic amines) is 1. The van der Waals surface area contributed by atoms with Gasteiger partial charge in [-0.05, 0) is 35.2 Å². The molecule has 2 N–H and O–H groups in total. The van der Waals surface area contributed by atoms with E-state index in [2.05, 4.69) is 42.2 Å². The van der Waals surface area contributed by atoms with E-state index < -0.39 is 0 Å². The number of hydrogen-bond acceptors (Lipinski definition) is 3. The van der Waals surface area contributed by atoms with Gasteiger partial charge in [0.2, 0.25) is 5.91 Å². The number of carbonyl (C=O) groups excluding carboxylic acids is 1. The maximum atomic E-state index is 11.7. The monoisotopic (exact) mass is 298 g/mol. The van der Waals surface area contributed by atoms with Crippen LogP contribution in [-0.4, -0.2) is 36.6 Å². The summed E-state index contributed by atoms with van der Waals surface area (Å²) in [6, 6.07) is 12.4. The Balaban J connectivity index is 1.95. The van der Waals surface area contributed by atoms with Crippen molar-refractivity contribution in [3.63, 3.8) is 0 Å². The van der Waals surface area contributed by atoms with Crippen molar-refractivity contribution in [2.75, 3.05) is 13.7 Å². The number of nitrogens with zero attached hydrogens (tertiary/aromatic N) is 1. The minimum atomic E-state index is -0.266. The van der Waals surface area contributed by atoms with E-state index in [9.17, 15) is 4.79 Å². The van der Waals surface area contributed by atoms with Gasteiger partial charge in [-0.15, -0.1) is 0 Å². The van der Waals surface area contributed by atoms with Crippen molar-refractivity contribution >= 4 is 16.7 Å². The first kappa shape index (κ1) is 15.0. The van der Waals surface area contributed by atoms with Gasteiger partial charge in [-0.25, -0.2) is 0 Å². The summed E-state index contributed by atoms with van der Waals surface area (Å²) in [5.74, 6) is -0.266. The highest BCUT2D eigenvalue weighted by atomic mass is 16.5. The smallest absolute Gasteiger partial charge is 0.234 e. The Morgan fingerprint density at radius 3 is 2.82 bits per heavy atom. The fraction of sp³-hybridized carbons (Fsp3) is 0.389. The van der Waals surface area contributed by atoms with E-state index in [1.807, 2.05) is 6.07 Å². The van der Waals surface area contributed by atoms with Crippen LogP contribution in [0.1, 0.15) is 17.5 Å². The standard InChI is InChI=1S/C18H22N2O2/c1-12-7-8-13-5-3-4-6-15(13)16(12)11-20-10-14(22-2)9-17(20)18(19)21/h3-8,14,17H,9-11H2,1-2H3,(H2,19,21)/t14-,17-/m0/s1. The Hall–Kier alpha value is -1.91. The summed E-state index contributed by atoms with van der Waals surface area (Å²) in [5.41, 5.74) is 8.08. The molecule has 1 heterocycles. The fourth-order valence-electron chi connectivity index (χ4n) is 3.36. The summed E-state index contributed by atoms with van der Waals surface area (Å²) in [5, 5.41) is 2.47. The van der Waals surface area contributed by atoms with Gasteiger partial charge < -0.3 is 10.5 Å². The van der Waals surface area contributed by atoms with E-state index in [0.29, 0.717) is 6.42 Å². The molecular weight excluding hydrogens is 276 g/mol. The van der Waals surface area contributed by atoms with Crippen molar-refractivity contribution in [1.29, 1.82) is 0 Å². The highest BCUT2D eigenvalue weighted by molar-refractivity contribution is 5.87. The Bertz CT molecular complexity index is 699. The second kappa shape index (κ2) is 6.07. The molecule has 0 saturated carbocycles. The molecular formula is C18H22N2O2. The molecule has 1 aliphatic heterocycles. The van der Waals surface area contributed by atoms with Crippen molar-refractivity contribution in [1.82, 2.24) is 4.90 Å². The van der Waals surface area contributed by atoms with Crippen molar-refractivity contribution in [2.45, 2.75) is 32.0 Å². The number of benzene rings is 2. The van der Waals surface area contributed by atoms with Crippen molar-refractivity contribution in [3.8, 4) is 0 Å². The second-order valence-electron chi connectivity index (χ2n) is 6.02. The van der Waals surface area contributed by atoms with Gasteiger partial charge in [0.15, 0.2) is 0 Å². The molecule has 1 aliphatic rings. The zero-order valence-electron chi connectivity index (χ0n) is 13.1. The molecule has 4 nitrogen and oxygen atoms in total. The van der Waals surface area contributed by atoms with Crippen LogP contribution in [0.4, 0.5) is 0 Å². The lowest BCUT2D eigenvalue weighted by atomic mass is 9.99. The van der Waals surface area contributed by atoms with E-state index in [1.165, 1.54) is 21.9 Å². The molecule has 2 aromatic rings. The van der Waals surface area contributed by atoms with E-state index in [4.69, 9.17) is 10.5 Å². The highest BCUT2D eigenvalue weighted by Gasteiger charge is 2.35. The van der Waals surface area contributed by atoms with Crippen LogP contribution in [0.2, 0.25) is 0 Å². The number of carbonyl (C=O) groups is 1. The molecule has 2 aromatic carbocycles. The first-order valence-corrected chi connectivity index (χ1v) is 7.63. The summed E-state index contributed by atoms with van der Waals surface area (Å²) in [4.78, 5) is 13.9. The van der Waals surface area contributed by atoms with Crippen LogP contribution in [0.25, 0.3) is 10.8 Å². The van der Waals surface area contributed by atoms with Gasteiger partial charge in [0, 0.05) is 20.2 Å². The summed E-state index contributed by atoms with van der Waals surface area (Å²) in [6.45, 7) is 3.58. The van der Waals surface area contributed by atoms with Gasteiger partial charge in [-0.2, -0.15) is 0 Å². The van der Waals surface area contributed by atoms with E-state index >= 15 is 0 Å². The summed E-state index contributed by atoms with van der Waals surface area (Å²) < 4.78 is 5.43. The predicted octanol–water partition coefficient (Wildman–Crippen LogP) is 2.22. The van der Waals surface area contributed by atoms with Gasteiger partial charge in [0.1, 0.15) is 0 Å². The number of nitrogens with two attached hydrogens (primary N) is 1. The van der Waals surface area contributed by atoms with Crippen molar-refractivity contribution in [2.24, 2.45) is 5.73 Å². The normalized spacial score (nSPS) is 22.3. The number of fused-ring (bicyclic) bond motifs is 1. The topological polar surface area (TPSA) is 55.6 Å². The first-order chi connectivity index (χ1) is 10.6. The molecule has 4 heteroatoms.